The molecule has 3 aromatic rings. The molecule has 1 aliphatic heterocycles. The molecule has 3 aromatic carbocycles. The first-order valence-corrected chi connectivity index (χ1v) is 12.0. The lowest BCUT2D eigenvalue weighted by atomic mass is 9.93. The van der Waals surface area contributed by atoms with Crippen molar-refractivity contribution in [1.29, 1.82) is 0 Å². The molecule has 1 amide bonds. The van der Waals surface area contributed by atoms with Crippen LogP contribution in [0, 0.1) is 19.7 Å². The van der Waals surface area contributed by atoms with Crippen molar-refractivity contribution in [1.82, 2.24) is 4.90 Å². The Morgan fingerprint density at radius 1 is 1.03 bits per heavy atom. The topological polar surface area (TPSA) is 66.8 Å². The number of benzene rings is 3. The molecule has 0 aliphatic carbocycles. The largest absolute Gasteiger partial charge is 0.507 e. The number of likely N-dealkylation sites (tertiary alicyclic amines) is 1. The first kappa shape index (κ1) is 25.2. The zero-order valence-corrected chi connectivity index (χ0v) is 20.9. The smallest absolute Gasteiger partial charge is 0.295 e. The van der Waals surface area contributed by atoms with E-state index in [0.29, 0.717) is 23.3 Å². The van der Waals surface area contributed by atoms with E-state index in [1.165, 1.54) is 17.0 Å². The number of Topliss-reactive ketones (excluding diaryl/α,β-unsaturated/α-hetero) is 1. The number of carbonyl (C=O) groups excluding carboxylic acids is 2. The van der Waals surface area contributed by atoms with Crippen LogP contribution in [0.2, 0.25) is 0 Å². The Morgan fingerprint density at radius 2 is 1.75 bits per heavy atom. The maximum Gasteiger partial charge on any atom is 0.295 e. The Balaban J connectivity index is 1.82. The zero-order chi connectivity index (χ0) is 26.0. The highest BCUT2D eigenvalue weighted by atomic mass is 19.1. The molecule has 1 N–H and O–H groups in total. The van der Waals surface area contributed by atoms with Gasteiger partial charge in [0.15, 0.2) is 0 Å². The molecule has 4 rings (SSSR count). The maximum absolute atomic E-state index is 13.4. The van der Waals surface area contributed by atoms with Gasteiger partial charge in [-0.1, -0.05) is 42.0 Å². The minimum atomic E-state index is -0.791. The van der Waals surface area contributed by atoms with Gasteiger partial charge in [-0.2, -0.15) is 0 Å². The Labute approximate surface area is 210 Å². The molecule has 1 atom stereocenters. The molecule has 1 aliphatic rings. The molecule has 0 spiro atoms. The monoisotopic (exact) mass is 487 g/mol. The molecule has 0 saturated carbocycles. The van der Waals surface area contributed by atoms with Crippen molar-refractivity contribution >= 4 is 17.4 Å². The second-order valence-electron chi connectivity index (χ2n) is 9.43. The first-order chi connectivity index (χ1) is 17.2. The van der Waals surface area contributed by atoms with Gasteiger partial charge in [-0.15, -0.1) is 0 Å². The summed E-state index contributed by atoms with van der Waals surface area (Å²) in [7, 11) is 0. The molecule has 0 aromatic heterocycles. The fraction of sp³-hybridized carbons (Fsp3) is 0.267. The lowest BCUT2D eigenvalue weighted by molar-refractivity contribution is -0.139. The van der Waals surface area contributed by atoms with Crippen LogP contribution in [0.25, 0.3) is 5.76 Å². The van der Waals surface area contributed by atoms with Gasteiger partial charge in [0.25, 0.3) is 11.7 Å². The van der Waals surface area contributed by atoms with Crippen LogP contribution < -0.4 is 4.74 Å². The number of amides is 1. The minimum absolute atomic E-state index is 0.0505. The summed E-state index contributed by atoms with van der Waals surface area (Å²) in [5.74, 6) is -1.33. The molecule has 1 saturated heterocycles. The predicted molar refractivity (Wildman–Crippen MR) is 137 cm³/mol. The van der Waals surface area contributed by atoms with Crippen molar-refractivity contribution in [3.63, 3.8) is 0 Å². The summed E-state index contributed by atoms with van der Waals surface area (Å²) in [6.45, 7) is 7.82. The molecule has 1 heterocycles. The van der Waals surface area contributed by atoms with Gasteiger partial charge in [-0.05, 0) is 81.1 Å². The highest BCUT2D eigenvalue weighted by Crippen LogP contribution is 2.41. The van der Waals surface area contributed by atoms with Crippen LogP contribution in [0.4, 0.5) is 4.39 Å². The van der Waals surface area contributed by atoms with Crippen molar-refractivity contribution in [2.75, 3.05) is 6.54 Å². The van der Waals surface area contributed by atoms with Crippen LogP contribution in [0.3, 0.4) is 0 Å². The normalized spacial score (nSPS) is 17.2. The van der Waals surface area contributed by atoms with Crippen LogP contribution in [-0.2, 0) is 16.0 Å². The van der Waals surface area contributed by atoms with Crippen LogP contribution in [0.5, 0.6) is 5.75 Å². The van der Waals surface area contributed by atoms with E-state index in [-0.39, 0.29) is 29.8 Å². The Kier molecular flexibility index (Phi) is 7.25. The van der Waals surface area contributed by atoms with Gasteiger partial charge in [0.05, 0.1) is 17.7 Å². The fourth-order valence-corrected chi connectivity index (χ4v) is 4.52. The van der Waals surface area contributed by atoms with Gasteiger partial charge in [0.1, 0.15) is 17.3 Å². The van der Waals surface area contributed by atoms with Crippen molar-refractivity contribution in [2.24, 2.45) is 0 Å². The van der Waals surface area contributed by atoms with Crippen molar-refractivity contribution < 1.29 is 23.8 Å². The number of ketones is 1. The third-order valence-electron chi connectivity index (χ3n) is 6.29. The minimum Gasteiger partial charge on any atom is -0.507 e. The Morgan fingerprint density at radius 3 is 2.44 bits per heavy atom. The molecular weight excluding hydrogens is 457 g/mol. The van der Waals surface area contributed by atoms with Crippen molar-refractivity contribution in [3.05, 3.63) is 106 Å². The second kappa shape index (κ2) is 10.4. The third-order valence-corrected chi connectivity index (χ3v) is 6.29. The Bertz CT molecular complexity index is 1330. The summed E-state index contributed by atoms with van der Waals surface area (Å²) in [4.78, 5) is 28.1. The van der Waals surface area contributed by atoms with E-state index in [1.807, 2.05) is 64.1 Å². The molecule has 1 fully saturated rings. The molecule has 1 unspecified atom stereocenters. The molecule has 6 heteroatoms. The van der Waals surface area contributed by atoms with Gasteiger partial charge >= 0.3 is 0 Å². The van der Waals surface area contributed by atoms with E-state index in [2.05, 4.69) is 0 Å². The quantitative estimate of drug-likeness (QED) is 0.256. The summed E-state index contributed by atoms with van der Waals surface area (Å²) in [6.07, 6.45) is 0.371. The van der Waals surface area contributed by atoms with E-state index in [0.717, 1.165) is 16.7 Å². The molecule has 0 radical (unpaired) electrons. The third kappa shape index (κ3) is 5.18. The summed E-state index contributed by atoms with van der Waals surface area (Å²) in [6, 6.07) is 18.1. The summed E-state index contributed by atoms with van der Waals surface area (Å²) in [5, 5.41) is 11.4. The molecule has 186 valence electrons. The SMILES string of the molecule is Cc1ccc(C)c(/C(O)=C2\C(=O)C(=O)N(CCc3ccc(F)cc3)C2c2cccc(OC(C)C)c2)c1. The summed E-state index contributed by atoms with van der Waals surface area (Å²) in [5.41, 5.74) is 3.80. The van der Waals surface area contributed by atoms with E-state index in [9.17, 15) is 19.1 Å². The zero-order valence-electron chi connectivity index (χ0n) is 20.9. The number of halogens is 1. The van der Waals surface area contributed by atoms with Gasteiger partial charge in [0.2, 0.25) is 0 Å². The van der Waals surface area contributed by atoms with E-state index >= 15 is 0 Å². The second-order valence-corrected chi connectivity index (χ2v) is 9.43. The van der Waals surface area contributed by atoms with Gasteiger partial charge in [-0.25, -0.2) is 4.39 Å². The number of nitrogens with zero attached hydrogens (tertiary/aromatic N) is 1. The standard InChI is InChI=1S/C30H30FNO4/c1-18(2)36-24-7-5-6-22(17-24)27-26(28(33)25-16-19(3)8-9-20(25)4)29(34)30(35)32(27)15-14-21-10-12-23(31)13-11-21/h5-13,16-18,27,33H,14-15H2,1-4H3/b28-26+. The highest BCUT2D eigenvalue weighted by Gasteiger charge is 2.46. The number of aliphatic hydroxyl groups excluding tert-OH is 1. The number of carbonyl (C=O) groups is 2. The molecular formula is C30H30FNO4. The van der Waals surface area contributed by atoms with Crippen molar-refractivity contribution in [2.45, 2.75) is 46.3 Å². The van der Waals surface area contributed by atoms with Crippen LogP contribution in [0.15, 0.2) is 72.3 Å². The van der Waals surface area contributed by atoms with Crippen LogP contribution in [0.1, 0.15) is 47.7 Å². The van der Waals surface area contributed by atoms with Gasteiger partial charge < -0.3 is 14.7 Å². The average molecular weight is 488 g/mol. The number of aliphatic hydroxyl groups is 1. The first-order valence-electron chi connectivity index (χ1n) is 12.0. The molecule has 5 nitrogen and oxygen atoms in total. The molecule has 36 heavy (non-hydrogen) atoms. The fourth-order valence-electron chi connectivity index (χ4n) is 4.52. The van der Waals surface area contributed by atoms with E-state index < -0.39 is 17.7 Å². The average Bonchev–Trinajstić information content (AvgIpc) is 3.09. The molecule has 0 bridgehead atoms. The van der Waals surface area contributed by atoms with E-state index in [4.69, 9.17) is 4.74 Å². The highest BCUT2D eigenvalue weighted by molar-refractivity contribution is 6.46. The number of hydrogen-bond donors (Lipinski definition) is 1. The van der Waals surface area contributed by atoms with E-state index in [1.54, 1.807) is 18.2 Å². The maximum atomic E-state index is 13.4. The number of hydrogen-bond acceptors (Lipinski definition) is 4. The predicted octanol–water partition coefficient (Wildman–Crippen LogP) is 5.89. The lowest BCUT2D eigenvalue weighted by Gasteiger charge is -2.26. The number of rotatable bonds is 7. The van der Waals surface area contributed by atoms with Crippen LogP contribution in [-0.4, -0.2) is 34.3 Å². The number of aryl methyl sites for hydroxylation is 2. The van der Waals surface area contributed by atoms with Crippen LogP contribution >= 0.6 is 0 Å². The Hall–Kier alpha value is -3.93. The van der Waals surface area contributed by atoms with Crippen molar-refractivity contribution in [3.8, 4) is 5.75 Å². The summed E-state index contributed by atoms with van der Waals surface area (Å²) < 4.78 is 19.2. The summed E-state index contributed by atoms with van der Waals surface area (Å²) >= 11 is 0. The van der Waals surface area contributed by atoms with Gasteiger partial charge in [-0.3, -0.25) is 9.59 Å². The number of ether oxygens (including phenoxy) is 1. The van der Waals surface area contributed by atoms with Gasteiger partial charge in [0, 0.05) is 12.1 Å². The lowest BCUT2D eigenvalue weighted by Crippen LogP contribution is -2.31.